The number of aromatic nitrogens is 2. The number of hydrogen-bond donors (Lipinski definition) is 3. The molecule has 0 fully saturated rings. The van der Waals surface area contributed by atoms with Crippen molar-refractivity contribution in [3.63, 3.8) is 0 Å². The fourth-order valence-corrected chi connectivity index (χ4v) is 3.99. The summed E-state index contributed by atoms with van der Waals surface area (Å²) in [7, 11) is 1.48. The van der Waals surface area contributed by atoms with Gasteiger partial charge in [-0.25, -0.2) is 14.8 Å². The summed E-state index contributed by atoms with van der Waals surface area (Å²) in [4.78, 5) is 23.3. The Kier molecular flexibility index (Phi) is 9.33. The molecule has 0 aliphatic carbocycles. The molecule has 36 heavy (non-hydrogen) atoms. The number of benzene rings is 2. The SMILES string of the molecule is COc1cc2ncnc(Nc3cc(Br)ccc3CN(CCCCCO)C(=O)OC(C)(C)C)c2cc1O. The lowest BCUT2D eigenvalue weighted by molar-refractivity contribution is 0.0230. The Morgan fingerprint density at radius 3 is 2.61 bits per heavy atom. The van der Waals surface area contributed by atoms with Gasteiger partial charge in [0.1, 0.15) is 17.7 Å². The number of nitrogens with zero attached hydrogens (tertiary/aromatic N) is 3. The fraction of sp³-hybridized carbons (Fsp3) is 0.423. The van der Waals surface area contributed by atoms with Crippen LogP contribution in [0.25, 0.3) is 10.9 Å². The van der Waals surface area contributed by atoms with Crippen molar-refractivity contribution < 1.29 is 24.5 Å². The topological polar surface area (TPSA) is 117 Å². The van der Waals surface area contributed by atoms with Crippen molar-refractivity contribution in [3.8, 4) is 11.5 Å². The second kappa shape index (κ2) is 12.2. The van der Waals surface area contributed by atoms with Crippen molar-refractivity contribution in [1.29, 1.82) is 0 Å². The number of carbonyl (C=O) groups excluding carboxylic acids is 1. The van der Waals surface area contributed by atoms with E-state index in [1.54, 1.807) is 17.0 Å². The molecule has 0 bridgehead atoms. The first-order valence-corrected chi connectivity index (χ1v) is 12.6. The van der Waals surface area contributed by atoms with Crippen molar-refractivity contribution in [2.45, 2.75) is 52.2 Å². The Hall–Kier alpha value is -3.11. The van der Waals surface area contributed by atoms with Crippen molar-refractivity contribution in [2.75, 3.05) is 25.6 Å². The zero-order chi connectivity index (χ0) is 26.3. The van der Waals surface area contributed by atoms with E-state index in [9.17, 15) is 9.90 Å². The molecule has 10 heteroatoms. The number of fused-ring (bicyclic) bond motifs is 1. The molecule has 2 aromatic carbocycles. The summed E-state index contributed by atoms with van der Waals surface area (Å²) in [5.74, 6) is 0.810. The van der Waals surface area contributed by atoms with Gasteiger partial charge in [-0.15, -0.1) is 0 Å². The number of aliphatic hydroxyl groups excluding tert-OH is 1. The molecule has 0 saturated carbocycles. The Bertz CT molecular complexity index is 1200. The largest absolute Gasteiger partial charge is 0.504 e. The van der Waals surface area contributed by atoms with E-state index in [2.05, 4.69) is 31.2 Å². The average molecular weight is 561 g/mol. The molecule has 0 spiro atoms. The lowest BCUT2D eigenvalue weighted by Gasteiger charge is -2.28. The van der Waals surface area contributed by atoms with E-state index in [-0.39, 0.29) is 12.4 Å². The predicted molar refractivity (Wildman–Crippen MR) is 143 cm³/mol. The lowest BCUT2D eigenvalue weighted by atomic mass is 10.1. The minimum atomic E-state index is -0.621. The van der Waals surface area contributed by atoms with E-state index >= 15 is 0 Å². The Morgan fingerprint density at radius 1 is 1.14 bits per heavy atom. The summed E-state index contributed by atoms with van der Waals surface area (Å²) in [6.45, 7) is 6.45. The monoisotopic (exact) mass is 560 g/mol. The summed E-state index contributed by atoms with van der Waals surface area (Å²) in [5.41, 5.74) is 1.58. The summed E-state index contributed by atoms with van der Waals surface area (Å²) < 4.78 is 11.7. The number of halogens is 1. The number of phenols is 1. The summed E-state index contributed by atoms with van der Waals surface area (Å²) in [6.07, 6.45) is 3.28. The number of nitrogens with one attached hydrogen (secondary N) is 1. The number of hydrogen-bond acceptors (Lipinski definition) is 8. The maximum Gasteiger partial charge on any atom is 0.410 e. The van der Waals surface area contributed by atoms with Gasteiger partial charge in [-0.1, -0.05) is 22.0 Å². The number of aliphatic hydroxyl groups is 1. The molecular formula is C26H33BrN4O5. The number of phenolic OH excluding ortho intramolecular Hbond substituents is 1. The molecule has 194 valence electrons. The van der Waals surface area contributed by atoms with Crippen molar-refractivity contribution in [3.05, 3.63) is 46.7 Å². The molecule has 0 unspecified atom stereocenters. The number of aromatic hydroxyl groups is 1. The van der Waals surface area contributed by atoms with E-state index in [0.29, 0.717) is 42.0 Å². The third kappa shape index (κ3) is 7.44. The number of rotatable bonds is 10. The van der Waals surface area contributed by atoms with Crippen LogP contribution >= 0.6 is 15.9 Å². The lowest BCUT2D eigenvalue weighted by Crippen LogP contribution is -2.37. The molecule has 3 rings (SSSR count). The molecule has 0 radical (unpaired) electrons. The van der Waals surface area contributed by atoms with Gasteiger partial charge in [0, 0.05) is 34.8 Å². The normalized spacial score (nSPS) is 11.4. The Morgan fingerprint density at radius 2 is 1.92 bits per heavy atom. The average Bonchev–Trinajstić information content (AvgIpc) is 2.81. The summed E-state index contributed by atoms with van der Waals surface area (Å²) >= 11 is 3.53. The molecule has 0 aliphatic rings. The van der Waals surface area contributed by atoms with Crippen molar-refractivity contribution in [1.82, 2.24) is 14.9 Å². The van der Waals surface area contributed by atoms with Crippen LogP contribution in [0.1, 0.15) is 45.6 Å². The van der Waals surface area contributed by atoms with Crippen LogP contribution in [-0.2, 0) is 11.3 Å². The van der Waals surface area contributed by atoms with Gasteiger partial charge in [0.15, 0.2) is 11.5 Å². The van der Waals surface area contributed by atoms with Crippen LogP contribution < -0.4 is 10.1 Å². The molecule has 9 nitrogen and oxygen atoms in total. The molecule has 0 saturated heterocycles. The molecule has 0 aliphatic heterocycles. The molecule has 3 aromatic rings. The maximum atomic E-state index is 13.0. The first-order valence-electron chi connectivity index (χ1n) is 11.8. The number of unbranched alkanes of at least 4 members (excludes halogenated alkanes) is 2. The van der Waals surface area contributed by atoms with Crippen LogP contribution in [-0.4, -0.2) is 57.0 Å². The minimum Gasteiger partial charge on any atom is -0.504 e. The van der Waals surface area contributed by atoms with Gasteiger partial charge in [-0.3, -0.25) is 0 Å². The molecule has 3 N–H and O–H groups in total. The van der Waals surface area contributed by atoms with Crippen LogP contribution in [0, 0.1) is 0 Å². The zero-order valence-corrected chi connectivity index (χ0v) is 22.6. The van der Waals surface area contributed by atoms with Crippen LogP contribution in [0.4, 0.5) is 16.3 Å². The molecular weight excluding hydrogens is 528 g/mol. The van der Waals surface area contributed by atoms with Crippen LogP contribution in [0.15, 0.2) is 41.1 Å². The zero-order valence-electron chi connectivity index (χ0n) is 21.0. The van der Waals surface area contributed by atoms with Gasteiger partial charge in [0.25, 0.3) is 0 Å². The first-order chi connectivity index (χ1) is 17.1. The molecule has 1 heterocycles. The predicted octanol–water partition coefficient (Wildman–Crippen LogP) is 5.75. The van der Waals surface area contributed by atoms with E-state index in [1.165, 1.54) is 13.4 Å². The van der Waals surface area contributed by atoms with Gasteiger partial charge < -0.3 is 29.9 Å². The molecule has 1 amide bonds. The van der Waals surface area contributed by atoms with E-state index in [4.69, 9.17) is 14.6 Å². The Labute approximate surface area is 219 Å². The molecule has 1 aromatic heterocycles. The smallest absolute Gasteiger partial charge is 0.410 e. The van der Waals surface area contributed by atoms with Gasteiger partial charge in [-0.2, -0.15) is 0 Å². The summed E-state index contributed by atoms with van der Waals surface area (Å²) in [6, 6.07) is 8.96. The summed E-state index contributed by atoms with van der Waals surface area (Å²) in [5, 5.41) is 23.4. The second-order valence-electron chi connectivity index (χ2n) is 9.38. The third-order valence-corrected chi connectivity index (χ3v) is 5.85. The van der Waals surface area contributed by atoms with Gasteiger partial charge in [-0.05, 0) is 63.8 Å². The van der Waals surface area contributed by atoms with E-state index in [1.807, 2.05) is 39.0 Å². The van der Waals surface area contributed by atoms with Gasteiger partial charge in [0.2, 0.25) is 0 Å². The minimum absolute atomic E-state index is 0.0173. The number of anilines is 2. The standard InChI is InChI=1S/C26H33BrN4O5/c1-26(2,3)36-25(34)31(10-6-5-7-11-32)15-17-8-9-18(27)12-20(17)30-24-19-13-22(33)23(35-4)14-21(19)28-16-29-24/h8-9,12-14,16,32-33H,5-7,10-11,15H2,1-4H3,(H,28,29,30). The highest BCUT2D eigenvalue weighted by Crippen LogP contribution is 2.35. The van der Waals surface area contributed by atoms with Gasteiger partial charge >= 0.3 is 6.09 Å². The van der Waals surface area contributed by atoms with Crippen LogP contribution in [0.5, 0.6) is 11.5 Å². The Balaban J connectivity index is 1.92. The van der Waals surface area contributed by atoms with E-state index < -0.39 is 11.7 Å². The number of carbonyl (C=O) groups is 1. The number of ether oxygens (including phenoxy) is 2. The quantitative estimate of drug-likeness (QED) is 0.268. The highest BCUT2D eigenvalue weighted by molar-refractivity contribution is 9.10. The highest BCUT2D eigenvalue weighted by Gasteiger charge is 2.23. The molecule has 0 atom stereocenters. The van der Waals surface area contributed by atoms with Gasteiger partial charge in [0.05, 0.1) is 19.2 Å². The third-order valence-electron chi connectivity index (χ3n) is 5.36. The highest BCUT2D eigenvalue weighted by atomic mass is 79.9. The van der Waals surface area contributed by atoms with E-state index in [0.717, 1.165) is 28.6 Å². The number of methoxy groups -OCH3 is 1. The fourth-order valence-electron chi connectivity index (χ4n) is 3.62. The van der Waals surface area contributed by atoms with Crippen LogP contribution in [0.3, 0.4) is 0 Å². The maximum absolute atomic E-state index is 13.0. The van der Waals surface area contributed by atoms with Crippen LogP contribution in [0.2, 0.25) is 0 Å². The first kappa shape index (κ1) is 27.5. The second-order valence-corrected chi connectivity index (χ2v) is 10.3. The number of amides is 1. The van der Waals surface area contributed by atoms with Crippen molar-refractivity contribution >= 4 is 44.4 Å². The van der Waals surface area contributed by atoms with Crippen molar-refractivity contribution in [2.24, 2.45) is 0 Å².